The zero-order valence-corrected chi connectivity index (χ0v) is 11.6. The molecule has 1 aromatic carbocycles. The highest BCUT2D eigenvalue weighted by Crippen LogP contribution is 2.27. The number of nitrogens with zero attached hydrogens (tertiary/aromatic N) is 2. The number of alkyl halides is 1. The molecule has 0 saturated carbocycles. The lowest BCUT2D eigenvalue weighted by Crippen LogP contribution is -2.27. The first kappa shape index (κ1) is 13.2. The van der Waals surface area contributed by atoms with Crippen LogP contribution in [0.5, 0.6) is 5.75 Å². The Kier molecular flexibility index (Phi) is 3.74. The van der Waals surface area contributed by atoms with Crippen LogP contribution in [0.15, 0.2) is 36.5 Å². The van der Waals surface area contributed by atoms with Gasteiger partial charge in [0, 0.05) is 17.7 Å². The fourth-order valence-corrected chi connectivity index (χ4v) is 2.56. The maximum Gasteiger partial charge on any atom is 0.141 e. The summed E-state index contributed by atoms with van der Waals surface area (Å²) in [5.74, 6) is 1.49. The summed E-state index contributed by atoms with van der Waals surface area (Å²) >= 11 is 5.90. The van der Waals surface area contributed by atoms with E-state index in [0.29, 0.717) is 25.3 Å². The van der Waals surface area contributed by atoms with Crippen molar-refractivity contribution in [3.8, 4) is 5.75 Å². The molecule has 0 saturated heterocycles. The monoisotopic (exact) mass is 292 g/mol. The number of pyridine rings is 1. The highest BCUT2D eigenvalue weighted by Gasteiger charge is 2.18. The second-order valence-electron chi connectivity index (χ2n) is 4.65. The van der Waals surface area contributed by atoms with Crippen molar-refractivity contribution in [2.75, 3.05) is 18.1 Å². The van der Waals surface area contributed by atoms with E-state index in [0.717, 1.165) is 17.1 Å². The fourth-order valence-electron chi connectivity index (χ4n) is 2.36. The Bertz CT molecular complexity index is 621. The van der Waals surface area contributed by atoms with E-state index in [9.17, 15) is 4.39 Å². The van der Waals surface area contributed by atoms with Crippen LogP contribution in [-0.4, -0.2) is 18.1 Å². The normalized spacial score (nSPS) is 14.4. The summed E-state index contributed by atoms with van der Waals surface area (Å²) in [6.45, 7) is 1.94. The summed E-state index contributed by atoms with van der Waals surface area (Å²) in [6, 6.07) is 9.35. The molecule has 0 atom stereocenters. The van der Waals surface area contributed by atoms with Crippen LogP contribution in [-0.2, 0) is 12.4 Å². The molecule has 0 radical (unpaired) electrons. The third-order valence-electron chi connectivity index (χ3n) is 3.31. The standard InChI is InChI=1S/C15H14ClFN2O/c16-8-12-7-13(17)9-18-15(12)19-5-6-20-14-4-2-1-3-11(14)10-19/h1-4,7,9H,5-6,8,10H2. The molecule has 3 rings (SSSR count). The van der Waals surface area contributed by atoms with Crippen LogP contribution in [0.25, 0.3) is 0 Å². The molecule has 0 fully saturated rings. The Hall–Kier alpha value is -1.81. The Labute approximate surface area is 122 Å². The maximum atomic E-state index is 13.3. The summed E-state index contributed by atoms with van der Waals surface area (Å²) < 4.78 is 19.0. The summed E-state index contributed by atoms with van der Waals surface area (Å²) in [4.78, 5) is 6.27. The van der Waals surface area contributed by atoms with Crippen LogP contribution in [0, 0.1) is 5.82 Å². The van der Waals surface area contributed by atoms with E-state index in [2.05, 4.69) is 9.88 Å². The lowest BCUT2D eigenvalue weighted by molar-refractivity contribution is 0.331. The van der Waals surface area contributed by atoms with Gasteiger partial charge in [0.2, 0.25) is 0 Å². The molecule has 0 amide bonds. The molecule has 0 bridgehead atoms. The van der Waals surface area contributed by atoms with Gasteiger partial charge in [0.05, 0.1) is 18.6 Å². The molecular formula is C15H14ClFN2O. The van der Waals surface area contributed by atoms with Crippen LogP contribution in [0.1, 0.15) is 11.1 Å². The van der Waals surface area contributed by atoms with E-state index in [4.69, 9.17) is 16.3 Å². The maximum absolute atomic E-state index is 13.3. The van der Waals surface area contributed by atoms with Gasteiger partial charge in [-0.05, 0) is 12.1 Å². The van der Waals surface area contributed by atoms with Gasteiger partial charge < -0.3 is 9.64 Å². The van der Waals surface area contributed by atoms with Gasteiger partial charge in [-0.25, -0.2) is 9.37 Å². The lowest BCUT2D eigenvalue weighted by atomic mass is 10.2. The van der Waals surface area contributed by atoms with E-state index in [-0.39, 0.29) is 11.7 Å². The van der Waals surface area contributed by atoms with Crippen molar-refractivity contribution < 1.29 is 9.13 Å². The van der Waals surface area contributed by atoms with Gasteiger partial charge in [0.15, 0.2) is 0 Å². The Morgan fingerprint density at radius 1 is 1.35 bits per heavy atom. The van der Waals surface area contributed by atoms with Gasteiger partial charge in [-0.1, -0.05) is 18.2 Å². The topological polar surface area (TPSA) is 25.4 Å². The molecule has 0 spiro atoms. The summed E-state index contributed by atoms with van der Waals surface area (Å²) in [7, 11) is 0. The first-order valence-corrected chi connectivity index (χ1v) is 6.97. The van der Waals surface area contributed by atoms with E-state index in [1.807, 2.05) is 24.3 Å². The van der Waals surface area contributed by atoms with E-state index >= 15 is 0 Å². The van der Waals surface area contributed by atoms with Crippen molar-refractivity contribution >= 4 is 17.4 Å². The Morgan fingerprint density at radius 2 is 2.20 bits per heavy atom. The zero-order valence-electron chi connectivity index (χ0n) is 10.9. The van der Waals surface area contributed by atoms with Gasteiger partial charge in [0.25, 0.3) is 0 Å². The fraction of sp³-hybridized carbons (Fsp3) is 0.267. The van der Waals surface area contributed by atoms with Gasteiger partial charge in [-0.2, -0.15) is 0 Å². The number of rotatable bonds is 2. The molecule has 2 aromatic rings. The number of ether oxygens (including phenoxy) is 1. The number of halogens is 2. The van der Waals surface area contributed by atoms with Crippen LogP contribution in [0.4, 0.5) is 10.2 Å². The lowest BCUT2D eigenvalue weighted by Gasteiger charge is -2.23. The average molecular weight is 293 g/mol. The second-order valence-corrected chi connectivity index (χ2v) is 4.91. The van der Waals surface area contributed by atoms with E-state index in [1.165, 1.54) is 12.3 Å². The molecule has 3 nitrogen and oxygen atoms in total. The van der Waals surface area contributed by atoms with Crippen molar-refractivity contribution in [2.24, 2.45) is 0 Å². The predicted molar refractivity (Wildman–Crippen MR) is 76.7 cm³/mol. The summed E-state index contributed by atoms with van der Waals surface area (Å²) in [5.41, 5.74) is 1.79. The van der Waals surface area contributed by atoms with E-state index < -0.39 is 0 Å². The molecule has 5 heteroatoms. The van der Waals surface area contributed by atoms with Crippen LogP contribution in [0.2, 0.25) is 0 Å². The first-order valence-electron chi connectivity index (χ1n) is 6.44. The molecule has 0 unspecified atom stereocenters. The predicted octanol–water partition coefficient (Wildman–Crippen LogP) is 3.36. The van der Waals surface area contributed by atoms with Crippen molar-refractivity contribution in [1.29, 1.82) is 0 Å². The van der Waals surface area contributed by atoms with Crippen molar-refractivity contribution in [3.63, 3.8) is 0 Å². The molecule has 104 valence electrons. The van der Waals surface area contributed by atoms with Gasteiger partial charge in [-0.15, -0.1) is 11.6 Å². The number of hydrogen-bond donors (Lipinski definition) is 0. The molecule has 1 aliphatic heterocycles. The minimum atomic E-state index is -0.365. The number of benzene rings is 1. The Balaban J connectivity index is 1.95. The smallest absolute Gasteiger partial charge is 0.141 e. The van der Waals surface area contributed by atoms with Crippen molar-refractivity contribution in [2.45, 2.75) is 12.4 Å². The number of anilines is 1. The summed E-state index contributed by atoms with van der Waals surface area (Å²) in [5, 5.41) is 0. The molecular weight excluding hydrogens is 279 g/mol. The van der Waals surface area contributed by atoms with Gasteiger partial charge in [0.1, 0.15) is 24.0 Å². The number of para-hydroxylation sites is 1. The third-order valence-corrected chi connectivity index (χ3v) is 3.59. The van der Waals surface area contributed by atoms with Crippen LogP contribution >= 0.6 is 11.6 Å². The highest BCUT2D eigenvalue weighted by atomic mass is 35.5. The highest BCUT2D eigenvalue weighted by molar-refractivity contribution is 6.17. The minimum Gasteiger partial charge on any atom is -0.491 e. The zero-order chi connectivity index (χ0) is 13.9. The molecule has 0 N–H and O–H groups in total. The third kappa shape index (κ3) is 2.56. The Morgan fingerprint density at radius 3 is 3.05 bits per heavy atom. The number of aromatic nitrogens is 1. The minimum absolute atomic E-state index is 0.235. The summed E-state index contributed by atoms with van der Waals surface area (Å²) in [6.07, 6.45) is 1.23. The quantitative estimate of drug-likeness (QED) is 0.794. The van der Waals surface area contributed by atoms with Gasteiger partial charge in [-0.3, -0.25) is 0 Å². The molecule has 0 aliphatic carbocycles. The van der Waals surface area contributed by atoms with Gasteiger partial charge >= 0.3 is 0 Å². The second kappa shape index (κ2) is 5.67. The molecule has 2 heterocycles. The molecule has 1 aliphatic rings. The number of hydrogen-bond acceptors (Lipinski definition) is 3. The van der Waals surface area contributed by atoms with Crippen LogP contribution in [0.3, 0.4) is 0 Å². The molecule has 1 aromatic heterocycles. The first-order chi connectivity index (χ1) is 9.78. The van der Waals surface area contributed by atoms with Crippen molar-refractivity contribution in [3.05, 3.63) is 53.5 Å². The van der Waals surface area contributed by atoms with E-state index in [1.54, 1.807) is 0 Å². The van der Waals surface area contributed by atoms with Crippen LogP contribution < -0.4 is 9.64 Å². The largest absolute Gasteiger partial charge is 0.491 e. The SMILES string of the molecule is Fc1cnc(N2CCOc3ccccc3C2)c(CCl)c1. The average Bonchev–Trinajstić information content (AvgIpc) is 2.69. The number of fused-ring (bicyclic) bond motifs is 1. The molecule has 20 heavy (non-hydrogen) atoms. The van der Waals surface area contributed by atoms with Crippen molar-refractivity contribution in [1.82, 2.24) is 4.98 Å².